The van der Waals surface area contributed by atoms with Crippen molar-refractivity contribution >= 4 is 26.8 Å². The van der Waals surface area contributed by atoms with Crippen molar-refractivity contribution in [1.82, 2.24) is 5.32 Å². The molecule has 0 bridgehead atoms. The zero-order chi connectivity index (χ0) is 13.3. The second-order valence-electron chi connectivity index (χ2n) is 6.19. The molecule has 0 aromatic heterocycles. The number of amidine groups is 1. The Hall–Kier alpha value is -0.230. The van der Waals surface area contributed by atoms with E-state index in [0.29, 0.717) is 23.0 Å². The molecule has 4 nitrogen and oxygen atoms in total. The van der Waals surface area contributed by atoms with Gasteiger partial charge in [0.15, 0.2) is 5.17 Å². The molecule has 2 aliphatic heterocycles. The summed E-state index contributed by atoms with van der Waals surface area (Å²) in [5.41, 5.74) is 0.478. The van der Waals surface area contributed by atoms with Crippen LogP contribution in [0.15, 0.2) is 4.99 Å². The van der Waals surface area contributed by atoms with Crippen molar-refractivity contribution in [3.05, 3.63) is 0 Å². The van der Waals surface area contributed by atoms with Gasteiger partial charge in [-0.15, -0.1) is 0 Å². The third kappa shape index (κ3) is 3.27. The molecule has 1 saturated heterocycles. The topological polar surface area (TPSA) is 58.5 Å². The fourth-order valence-electron chi connectivity index (χ4n) is 3.28. The summed E-state index contributed by atoms with van der Waals surface area (Å²) < 4.78 is 22.8. The highest BCUT2D eigenvalue weighted by Crippen LogP contribution is 2.43. The predicted molar refractivity (Wildman–Crippen MR) is 80.5 cm³/mol. The minimum absolute atomic E-state index is 0.299. The Morgan fingerprint density at radius 1 is 1.21 bits per heavy atom. The number of aliphatic imine (C=N–C) groups is 1. The first-order valence-electron chi connectivity index (χ1n) is 7.21. The van der Waals surface area contributed by atoms with Gasteiger partial charge in [0, 0.05) is 18.3 Å². The Kier molecular flexibility index (Phi) is 3.82. The Morgan fingerprint density at radius 3 is 2.47 bits per heavy atom. The van der Waals surface area contributed by atoms with Crippen LogP contribution < -0.4 is 5.32 Å². The lowest BCUT2D eigenvalue weighted by molar-refractivity contribution is 0.357. The van der Waals surface area contributed by atoms with Crippen molar-refractivity contribution in [2.24, 2.45) is 10.4 Å². The number of hydrogen-bond acceptors (Lipinski definition) is 5. The molecular weight excluding hydrogens is 280 g/mol. The van der Waals surface area contributed by atoms with Gasteiger partial charge in [-0.05, 0) is 31.1 Å². The van der Waals surface area contributed by atoms with Gasteiger partial charge in [-0.2, -0.15) is 0 Å². The molecular formula is C13H22N2O2S2. The van der Waals surface area contributed by atoms with Crippen LogP contribution in [0.5, 0.6) is 0 Å². The molecule has 0 atom stereocenters. The molecule has 0 amide bonds. The molecule has 108 valence electrons. The van der Waals surface area contributed by atoms with Crippen molar-refractivity contribution in [2.45, 2.75) is 44.6 Å². The number of sulfone groups is 1. The van der Waals surface area contributed by atoms with Crippen molar-refractivity contribution < 1.29 is 8.42 Å². The van der Waals surface area contributed by atoms with Gasteiger partial charge in [0.2, 0.25) is 0 Å². The molecule has 0 aromatic carbocycles. The van der Waals surface area contributed by atoms with Crippen molar-refractivity contribution in [1.29, 1.82) is 0 Å². The molecule has 2 heterocycles. The molecule has 0 aromatic rings. The van der Waals surface area contributed by atoms with Crippen molar-refractivity contribution in [3.63, 3.8) is 0 Å². The molecule has 1 spiro atoms. The quantitative estimate of drug-likeness (QED) is 0.802. The summed E-state index contributed by atoms with van der Waals surface area (Å²) in [5.74, 6) is 1.84. The fraction of sp³-hybridized carbons (Fsp3) is 0.923. The van der Waals surface area contributed by atoms with Crippen LogP contribution in [0, 0.1) is 5.41 Å². The number of hydrogen-bond donors (Lipinski definition) is 1. The zero-order valence-electron chi connectivity index (χ0n) is 11.2. The summed E-state index contributed by atoms with van der Waals surface area (Å²) in [4.78, 5) is 4.71. The molecule has 3 aliphatic rings. The molecule has 1 saturated carbocycles. The molecule has 0 unspecified atom stereocenters. The van der Waals surface area contributed by atoms with Gasteiger partial charge in [-0.25, -0.2) is 8.42 Å². The second kappa shape index (κ2) is 5.28. The zero-order valence-corrected chi connectivity index (χ0v) is 12.9. The van der Waals surface area contributed by atoms with Gasteiger partial charge in [0.1, 0.15) is 9.84 Å². The van der Waals surface area contributed by atoms with Crippen molar-refractivity contribution in [3.8, 4) is 0 Å². The monoisotopic (exact) mass is 302 g/mol. The maximum Gasteiger partial charge on any atom is 0.156 e. The summed E-state index contributed by atoms with van der Waals surface area (Å²) in [6.45, 7) is 0.966. The van der Waals surface area contributed by atoms with Gasteiger partial charge in [-0.3, -0.25) is 4.99 Å². The van der Waals surface area contributed by atoms with E-state index in [1.807, 2.05) is 11.8 Å². The molecule has 0 radical (unpaired) electrons. The van der Waals surface area contributed by atoms with Crippen LogP contribution in [-0.4, -0.2) is 43.4 Å². The number of thioether (sulfide) groups is 1. The third-order valence-corrected chi connectivity index (χ3v) is 7.61. The maximum atomic E-state index is 11.4. The fourth-order valence-corrected chi connectivity index (χ4v) is 6.00. The van der Waals surface area contributed by atoms with E-state index in [9.17, 15) is 8.42 Å². The van der Waals surface area contributed by atoms with Gasteiger partial charge in [-0.1, -0.05) is 24.6 Å². The second-order valence-corrected chi connectivity index (χ2v) is 9.46. The summed E-state index contributed by atoms with van der Waals surface area (Å²) in [6.07, 6.45) is 6.84. The highest BCUT2D eigenvalue weighted by molar-refractivity contribution is 8.13. The third-order valence-electron chi connectivity index (χ3n) is 4.62. The lowest BCUT2D eigenvalue weighted by Gasteiger charge is -2.33. The highest BCUT2D eigenvalue weighted by atomic mass is 32.2. The van der Waals surface area contributed by atoms with E-state index in [2.05, 4.69) is 5.32 Å². The Labute approximate surface area is 119 Å². The van der Waals surface area contributed by atoms with E-state index in [0.717, 1.165) is 24.6 Å². The molecule has 1 N–H and O–H groups in total. The SMILES string of the molecule is O=S1(=O)CCC(NC2=NCC3(CCCC3)CS2)CC1. The Morgan fingerprint density at radius 2 is 1.89 bits per heavy atom. The summed E-state index contributed by atoms with van der Waals surface area (Å²) in [5, 5.41) is 4.49. The van der Waals surface area contributed by atoms with Crippen LogP contribution in [-0.2, 0) is 9.84 Å². The van der Waals surface area contributed by atoms with Crippen LogP contribution in [0.2, 0.25) is 0 Å². The van der Waals surface area contributed by atoms with Gasteiger partial charge in [0.05, 0.1) is 11.5 Å². The van der Waals surface area contributed by atoms with E-state index < -0.39 is 9.84 Å². The summed E-state index contributed by atoms with van der Waals surface area (Å²) in [7, 11) is -2.76. The minimum Gasteiger partial charge on any atom is -0.362 e. The molecule has 1 aliphatic carbocycles. The van der Waals surface area contributed by atoms with Crippen LogP contribution in [0.1, 0.15) is 38.5 Å². The summed E-state index contributed by atoms with van der Waals surface area (Å²) in [6, 6.07) is 0.299. The minimum atomic E-state index is -2.76. The molecule has 2 fully saturated rings. The average Bonchev–Trinajstić information content (AvgIpc) is 2.84. The summed E-state index contributed by atoms with van der Waals surface area (Å²) >= 11 is 1.84. The van der Waals surface area contributed by atoms with Gasteiger partial charge >= 0.3 is 0 Å². The average molecular weight is 302 g/mol. The number of nitrogens with zero attached hydrogens (tertiary/aromatic N) is 1. The first kappa shape index (κ1) is 13.7. The Bertz CT molecular complexity index is 453. The lowest BCUT2D eigenvalue weighted by Crippen LogP contribution is -2.42. The molecule has 6 heteroatoms. The normalized spacial score (nSPS) is 30.2. The van der Waals surface area contributed by atoms with Crippen molar-refractivity contribution in [2.75, 3.05) is 23.8 Å². The van der Waals surface area contributed by atoms with E-state index in [1.165, 1.54) is 31.4 Å². The van der Waals surface area contributed by atoms with E-state index >= 15 is 0 Å². The maximum absolute atomic E-state index is 11.4. The number of nitrogens with one attached hydrogen (secondary N) is 1. The van der Waals surface area contributed by atoms with E-state index in [4.69, 9.17) is 4.99 Å². The van der Waals surface area contributed by atoms with Gasteiger partial charge in [0.25, 0.3) is 0 Å². The molecule has 3 rings (SSSR count). The molecule has 19 heavy (non-hydrogen) atoms. The van der Waals surface area contributed by atoms with Crippen LogP contribution in [0.25, 0.3) is 0 Å². The van der Waals surface area contributed by atoms with E-state index in [-0.39, 0.29) is 0 Å². The predicted octanol–water partition coefficient (Wildman–Crippen LogP) is 1.82. The standard InChI is InChI=1S/C13H22N2O2S2/c16-19(17)7-3-11(4-8-19)15-12-14-9-13(10-18-12)5-1-2-6-13/h11H,1-10H2,(H,14,15). The highest BCUT2D eigenvalue weighted by Gasteiger charge is 2.36. The van der Waals surface area contributed by atoms with Crippen LogP contribution in [0.4, 0.5) is 0 Å². The smallest absolute Gasteiger partial charge is 0.156 e. The number of rotatable bonds is 1. The van der Waals surface area contributed by atoms with Crippen LogP contribution in [0.3, 0.4) is 0 Å². The first-order chi connectivity index (χ1) is 9.07. The van der Waals surface area contributed by atoms with Gasteiger partial charge < -0.3 is 5.32 Å². The largest absolute Gasteiger partial charge is 0.362 e. The lowest BCUT2D eigenvalue weighted by atomic mass is 9.89. The first-order valence-corrected chi connectivity index (χ1v) is 10.0. The Balaban J connectivity index is 1.53. The van der Waals surface area contributed by atoms with Crippen LogP contribution >= 0.6 is 11.8 Å². The van der Waals surface area contributed by atoms with E-state index in [1.54, 1.807) is 0 Å².